The van der Waals surface area contributed by atoms with Gasteiger partial charge in [0.15, 0.2) is 0 Å². The molecule has 1 aliphatic heterocycles. The molecule has 1 aliphatic rings. The Labute approximate surface area is 120 Å². The minimum atomic E-state index is -5.17. The third kappa shape index (κ3) is 3.60. The summed E-state index contributed by atoms with van der Waals surface area (Å²) >= 11 is 0. The lowest BCUT2D eigenvalue weighted by Crippen LogP contribution is -2.21. The highest BCUT2D eigenvalue weighted by atomic mass is 19.4. The monoisotopic (exact) mass is 322 g/mol. The fourth-order valence-corrected chi connectivity index (χ4v) is 1.68. The first kappa shape index (κ1) is 15.9. The molecule has 0 radical (unpaired) electrons. The van der Waals surface area contributed by atoms with Gasteiger partial charge in [0, 0.05) is 11.8 Å². The number of carbonyl (C=O) groups is 1. The molecule has 0 amide bonds. The largest absolute Gasteiger partial charge is 0.454 e. The van der Waals surface area contributed by atoms with Gasteiger partial charge in [-0.2, -0.15) is 26.3 Å². The maximum atomic E-state index is 12.9. The van der Waals surface area contributed by atoms with Crippen molar-refractivity contribution in [3.63, 3.8) is 0 Å². The fraction of sp³-hybridized carbons (Fsp3) is 0.154. The first-order chi connectivity index (χ1) is 10.1. The molecule has 0 aliphatic carbocycles. The van der Waals surface area contributed by atoms with E-state index in [1.54, 1.807) is 0 Å². The summed E-state index contributed by atoms with van der Waals surface area (Å²) in [6.45, 7) is 0. The lowest BCUT2D eigenvalue weighted by molar-refractivity contribution is -0.165. The summed E-state index contributed by atoms with van der Waals surface area (Å²) in [6, 6.07) is 5.62. The van der Waals surface area contributed by atoms with Crippen molar-refractivity contribution >= 4 is 17.2 Å². The summed E-state index contributed by atoms with van der Waals surface area (Å²) in [5.74, 6) is -2.26. The fourth-order valence-electron chi connectivity index (χ4n) is 1.68. The van der Waals surface area contributed by atoms with Gasteiger partial charge in [-0.1, -0.05) is 12.1 Å². The van der Waals surface area contributed by atoms with Crippen molar-refractivity contribution in [2.45, 2.75) is 12.4 Å². The molecule has 1 heterocycles. The average Bonchev–Trinajstić information content (AvgIpc) is 2.55. The summed E-state index contributed by atoms with van der Waals surface area (Å²) in [6.07, 6.45) is -9.50. The van der Waals surface area contributed by atoms with Crippen LogP contribution in [0.5, 0.6) is 0 Å². The number of fused-ring (bicyclic) bond motifs is 1. The van der Waals surface area contributed by atoms with E-state index >= 15 is 0 Å². The summed E-state index contributed by atoms with van der Waals surface area (Å²) < 4.78 is 75.4. The zero-order valence-electron chi connectivity index (χ0n) is 10.6. The van der Waals surface area contributed by atoms with Crippen LogP contribution in [0.1, 0.15) is 0 Å². The molecule has 0 bridgehead atoms. The predicted octanol–water partition coefficient (Wildman–Crippen LogP) is 3.99. The third-order valence-corrected chi connectivity index (χ3v) is 2.65. The van der Waals surface area contributed by atoms with Gasteiger partial charge in [0.25, 0.3) is 5.78 Å². The first-order valence-corrected chi connectivity index (χ1v) is 5.82. The Morgan fingerprint density at radius 3 is 2.00 bits per heavy atom. The number of hydrogen-bond acceptors (Lipinski definition) is 3. The number of benzene rings is 1. The standard InChI is InChI=1S/C13H8F6N2O/c14-12(15,16)10-5-7(6-11(22)13(17,18)19)20-8-3-1-2-4-9(8)21-10/h1-6,20-21H. The smallest absolute Gasteiger partial charge is 0.354 e. The lowest BCUT2D eigenvalue weighted by Gasteiger charge is -2.13. The quantitative estimate of drug-likeness (QED) is 0.607. The van der Waals surface area contributed by atoms with Crippen molar-refractivity contribution in [2.24, 2.45) is 0 Å². The van der Waals surface area contributed by atoms with Crippen LogP contribution in [-0.2, 0) is 4.79 Å². The van der Waals surface area contributed by atoms with E-state index in [4.69, 9.17) is 0 Å². The Bertz CT molecular complexity index is 657. The normalized spacial score (nSPS) is 17.0. The Morgan fingerprint density at radius 1 is 0.955 bits per heavy atom. The Morgan fingerprint density at radius 2 is 1.50 bits per heavy atom. The number of halogens is 6. The molecule has 1 aromatic rings. The molecule has 2 N–H and O–H groups in total. The van der Waals surface area contributed by atoms with E-state index in [1.165, 1.54) is 24.3 Å². The van der Waals surface area contributed by atoms with E-state index in [0.717, 1.165) is 0 Å². The molecule has 2 rings (SSSR count). The molecule has 1 aromatic carbocycles. The van der Waals surface area contributed by atoms with Crippen molar-refractivity contribution in [3.8, 4) is 0 Å². The van der Waals surface area contributed by atoms with Gasteiger partial charge >= 0.3 is 12.4 Å². The highest BCUT2D eigenvalue weighted by Gasteiger charge is 2.38. The van der Waals surface area contributed by atoms with E-state index in [2.05, 4.69) is 10.6 Å². The van der Waals surface area contributed by atoms with Crippen molar-refractivity contribution in [1.82, 2.24) is 0 Å². The molecule has 3 nitrogen and oxygen atoms in total. The molecule has 0 atom stereocenters. The van der Waals surface area contributed by atoms with Gasteiger partial charge in [0.05, 0.1) is 11.4 Å². The van der Waals surface area contributed by atoms with Crippen LogP contribution in [-0.4, -0.2) is 18.1 Å². The average molecular weight is 322 g/mol. The van der Waals surface area contributed by atoms with Crippen molar-refractivity contribution < 1.29 is 31.1 Å². The number of rotatable bonds is 1. The first-order valence-electron chi connectivity index (χ1n) is 5.82. The van der Waals surface area contributed by atoms with Crippen molar-refractivity contribution in [3.05, 3.63) is 47.8 Å². The van der Waals surface area contributed by atoms with Gasteiger partial charge in [-0.05, 0) is 18.2 Å². The van der Waals surface area contributed by atoms with Gasteiger partial charge in [-0.3, -0.25) is 4.79 Å². The maximum absolute atomic E-state index is 12.9. The van der Waals surface area contributed by atoms with Crippen molar-refractivity contribution in [2.75, 3.05) is 10.6 Å². The predicted molar refractivity (Wildman–Crippen MR) is 67.0 cm³/mol. The van der Waals surface area contributed by atoms with Crippen LogP contribution in [0.4, 0.5) is 37.7 Å². The van der Waals surface area contributed by atoms with Crippen LogP contribution in [0.15, 0.2) is 47.8 Å². The molecule has 118 valence electrons. The second-order valence-corrected chi connectivity index (χ2v) is 4.31. The molecule has 0 saturated heterocycles. The van der Waals surface area contributed by atoms with Crippen LogP contribution >= 0.6 is 0 Å². The Balaban J connectivity index is 2.49. The summed E-state index contributed by atoms with van der Waals surface area (Å²) in [7, 11) is 0. The topological polar surface area (TPSA) is 41.1 Å². The van der Waals surface area contributed by atoms with Gasteiger partial charge in [0.1, 0.15) is 5.70 Å². The Hall–Kier alpha value is -2.45. The molecular formula is C13H8F6N2O. The van der Waals surface area contributed by atoms with Gasteiger partial charge in [-0.15, -0.1) is 0 Å². The van der Waals surface area contributed by atoms with Crippen LogP contribution < -0.4 is 10.6 Å². The number of anilines is 2. The second kappa shape index (κ2) is 5.39. The zero-order valence-corrected chi connectivity index (χ0v) is 10.6. The lowest BCUT2D eigenvalue weighted by atomic mass is 10.2. The van der Waals surface area contributed by atoms with Gasteiger partial charge < -0.3 is 10.6 Å². The van der Waals surface area contributed by atoms with Gasteiger partial charge in [-0.25, -0.2) is 0 Å². The second-order valence-electron chi connectivity index (χ2n) is 4.31. The molecule has 0 saturated carbocycles. The molecule has 9 heteroatoms. The summed E-state index contributed by atoms with van der Waals surface area (Å²) in [5.41, 5.74) is -1.77. The van der Waals surface area contributed by atoms with E-state index in [0.29, 0.717) is 6.08 Å². The molecule has 0 aromatic heterocycles. The molecule has 0 unspecified atom stereocenters. The van der Waals surface area contributed by atoms with Crippen LogP contribution in [0.3, 0.4) is 0 Å². The van der Waals surface area contributed by atoms with Crippen LogP contribution in [0, 0.1) is 0 Å². The highest BCUT2D eigenvalue weighted by Crippen LogP contribution is 2.34. The molecular weight excluding hydrogens is 314 g/mol. The van der Waals surface area contributed by atoms with Crippen LogP contribution in [0.2, 0.25) is 0 Å². The zero-order chi connectivity index (χ0) is 16.5. The number of para-hydroxylation sites is 2. The minimum absolute atomic E-state index is 0.0222. The molecule has 22 heavy (non-hydrogen) atoms. The highest BCUT2D eigenvalue weighted by molar-refractivity contribution is 5.96. The summed E-state index contributed by atoms with van der Waals surface area (Å²) in [5, 5.41) is 4.45. The van der Waals surface area contributed by atoms with E-state index in [1.807, 2.05) is 0 Å². The van der Waals surface area contributed by atoms with Crippen molar-refractivity contribution in [1.29, 1.82) is 0 Å². The third-order valence-electron chi connectivity index (χ3n) is 2.65. The minimum Gasteiger partial charge on any atom is -0.354 e. The van der Waals surface area contributed by atoms with E-state index < -0.39 is 29.5 Å². The number of nitrogens with one attached hydrogen (secondary N) is 2. The van der Waals surface area contributed by atoms with E-state index in [9.17, 15) is 31.1 Å². The van der Waals surface area contributed by atoms with E-state index in [-0.39, 0.29) is 17.5 Å². The number of ketones is 1. The molecule has 0 fully saturated rings. The van der Waals surface area contributed by atoms with Crippen LogP contribution in [0.25, 0.3) is 0 Å². The summed E-state index contributed by atoms with van der Waals surface area (Å²) in [4.78, 5) is 10.9. The van der Waals surface area contributed by atoms with Gasteiger partial charge in [0.2, 0.25) is 0 Å². The number of carbonyl (C=O) groups excluding carboxylic acids is 1. The number of alkyl halides is 6. The maximum Gasteiger partial charge on any atom is 0.454 e. The SMILES string of the molecule is O=C(C=C1C=C(C(F)(F)F)Nc2ccccc2N1)C(F)(F)F. The Kier molecular flexibility index (Phi) is 3.90. The number of allylic oxidation sites excluding steroid dienone is 3. The number of hydrogen-bond donors (Lipinski definition) is 2. The molecule has 0 spiro atoms.